The van der Waals surface area contributed by atoms with Crippen LogP contribution >= 0.6 is 0 Å². The summed E-state index contributed by atoms with van der Waals surface area (Å²) in [6.45, 7) is 0.999. The van der Waals surface area contributed by atoms with Gasteiger partial charge < -0.3 is 4.90 Å². The maximum absolute atomic E-state index is 14.0. The third-order valence-electron chi connectivity index (χ3n) is 4.80. The maximum atomic E-state index is 14.0. The highest BCUT2D eigenvalue weighted by atomic mass is 19.1. The summed E-state index contributed by atoms with van der Waals surface area (Å²) in [5, 5.41) is 6.74. The Morgan fingerprint density at radius 2 is 2.00 bits per heavy atom. The number of halogens is 2. The number of amides is 1. The minimum atomic E-state index is -0.378. The van der Waals surface area contributed by atoms with Crippen molar-refractivity contribution in [2.24, 2.45) is 0 Å². The van der Waals surface area contributed by atoms with E-state index in [4.69, 9.17) is 0 Å². The number of aromatic amines is 1. The lowest BCUT2D eigenvalue weighted by Gasteiger charge is -2.17. The number of H-pyrrole nitrogens is 1. The normalized spacial score (nSPS) is 16.8. The van der Waals surface area contributed by atoms with Gasteiger partial charge in [-0.1, -0.05) is 30.3 Å². The van der Waals surface area contributed by atoms with E-state index in [0.29, 0.717) is 41.9 Å². The van der Waals surface area contributed by atoms with Crippen molar-refractivity contribution in [3.63, 3.8) is 0 Å². The van der Waals surface area contributed by atoms with E-state index in [9.17, 15) is 13.6 Å². The smallest absolute Gasteiger partial charge is 0.257 e. The minimum Gasteiger partial charge on any atom is -0.338 e. The summed E-state index contributed by atoms with van der Waals surface area (Å²) in [6, 6.07) is 12.7. The highest BCUT2D eigenvalue weighted by Gasteiger charge is 2.31. The predicted molar refractivity (Wildman–Crippen MR) is 93.6 cm³/mol. The van der Waals surface area contributed by atoms with Gasteiger partial charge in [-0.15, -0.1) is 0 Å². The van der Waals surface area contributed by atoms with E-state index < -0.39 is 0 Å². The molecule has 1 unspecified atom stereocenters. The number of nitrogens with one attached hydrogen (secondary N) is 1. The quantitative estimate of drug-likeness (QED) is 0.774. The molecule has 1 aliphatic heterocycles. The van der Waals surface area contributed by atoms with Gasteiger partial charge in [0.05, 0.1) is 17.5 Å². The summed E-state index contributed by atoms with van der Waals surface area (Å²) in [5.41, 5.74) is 2.09. The highest BCUT2D eigenvalue weighted by Crippen LogP contribution is 2.31. The Bertz CT molecular complexity index is 953. The molecule has 1 fully saturated rings. The van der Waals surface area contributed by atoms with E-state index in [2.05, 4.69) is 10.2 Å². The number of hydrogen-bond donors (Lipinski definition) is 1. The zero-order valence-corrected chi connectivity index (χ0v) is 14.0. The molecule has 6 heteroatoms. The second-order valence-electron chi connectivity index (χ2n) is 6.43. The van der Waals surface area contributed by atoms with Crippen LogP contribution in [0.25, 0.3) is 11.3 Å². The van der Waals surface area contributed by atoms with E-state index in [-0.39, 0.29) is 23.5 Å². The van der Waals surface area contributed by atoms with E-state index >= 15 is 0 Å². The lowest BCUT2D eigenvalue weighted by molar-refractivity contribution is 0.0791. The Morgan fingerprint density at radius 3 is 2.81 bits per heavy atom. The highest BCUT2D eigenvalue weighted by molar-refractivity contribution is 5.99. The molecule has 1 saturated heterocycles. The standard InChI is InChI=1S/C20H17F2N3O/c21-15-5-3-4-13(10-15)19-17(11-23-24-19)20(26)25-9-8-14(12-25)16-6-1-2-7-18(16)22/h1-7,10-11,14H,8-9,12H2,(H,23,24). The van der Waals surface area contributed by atoms with Crippen LogP contribution in [-0.4, -0.2) is 34.1 Å². The van der Waals surface area contributed by atoms with Gasteiger partial charge in [0.15, 0.2) is 0 Å². The molecule has 2 heterocycles. The number of likely N-dealkylation sites (tertiary alicyclic amines) is 1. The number of carbonyl (C=O) groups is 1. The molecular formula is C20H17F2N3O. The molecule has 0 aliphatic carbocycles. The summed E-state index contributed by atoms with van der Waals surface area (Å²) in [4.78, 5) is 14.6. The third kappa shape index (κ3) is 2.98. The summed E-state index contributed by atoms with van der Waals surface area (Å²) >= 11 is 0. The Kier molecular flexibility index (Phi) is 4.24. The first-order valence-electron chi connectivity index (χ1n) is 8.46. The molecule has 4 rings (SSSR count). The summed E-state index contributed by atoms with van der Waals surface area (Å²) in [6.07, 6.45) is 2.17. The lowest BCUT2D eigenvalue weighted by atomic mass is 9.98. The Labute approximate surface area is 149 Å². The molecular weight excluding hydrogens is 336 g/mol. The van der Waals surface area contributed by atoms with Gasteiger partial charge >= 0.3 is 0 Å². The molecule has 4 nitrogen and oxygen atoms in total. The molecule has 0 spiro atoms. The molecule has 2 aromatic carbocycles. The average molecular weight is 353 g/mol. The molecule has 1 amide bonds. The van der Waals surface area contributed by atoms with Gasteiger partial charge in [0, 0.05) is 24.6 Å². The minimum absolute atomic E-state index is 0.0235. The Morgan fingerprint density at radius 1 is 1.15 bits per heavy atom. The topological polar surface area (TPSA) is 49.0 Å². The lowest BCUT2D eigenvalue weighted by Crippen LogP contribution is -2.28. The van der Waals surface area contributed by atoms with Crippen molar-refractivity contribution < 1.29 is 13.6 Å². The zero-order valence-electron chi connectivity index (χ0n) is 14.0. The van der Waals surface area contributed by atoms with Crippen LogP contribution in [0.5, 0.6) is 0 Å². The van der Waals surface area contributed by atoms with Gasteiger partial charge in [-0.25, -0.2) is 8.78 Å². The van der Waals surface area contributed by atoms with E-state index in [1.807, 2.05) is 0 Å². The second kappa shape index (κ2) is 6.71. The first kappa shape index (κ1) is 16.4. The monoisotopic (exact) mass is 353 g/mol. The molecule has 26 heavy (non-hydrogen) atoms. The molecule has 1 aliphatic rings. The Balaban J connectivity index is 1.57. The maximum Gasteiger partial charge on any atom is 0.257 e. The van der Waals surface area contributed by atoms with Crippen LogP contribution in [0.15, 0.2) is 54.7 Å². The van der Waals surface area contributed by atoms with Crippen molar-refractivity contribution in [1.29, 1.82) is 0 Å². The van der Waals surface area contributed by atoms with Gasteiger partial charge in [0.1, 0.15) is 11.6 Å². The van der Waals surface area contributed by atoms with Crippen LogP contribution in [0.4, 0.5) is 8.78 Å². The molecule has 0 saturated carbocycles. The summed E-state index contributed by atoms with van der Waals surface area (Å²) in [5.74, 6) is -0.826. The fraction of sp³-hybridized carbons (Fsp3) is 0.200. The van der Waals surface area contributed by atoms with E-state index in [1.54, 1.807) is 35.2 Å². The summed E-state index contributed by atoms with van der Waals surface area (Å²) in [7, 11) is 0. The van der Waals surface area contributed by atoms with Gasteiger partial charge in [-0.3, -0.25) is 9.89 Å². The summed E-state index contributed by atoms with van der Waals surface area (Å²) < 4.78 is 27.5. The number of aromatic nitrogens is 2. The zero-order chi connectivity index (χ0) is 18.1. The van der Waals surface area contributed by atoms with Gasteiger partial charge in [-0.2, -0.15) is 5.10 Å². The van der Waals surface area contributed by atoms with Gasteiger partial charge in [0.2, 0.25) is 0 Å². The Hall–Kier alpha value is -3.02. The van der Waals surface area contributed by atoms with Crippen molar-refractivity contribution in [3.05, 3.63) is 77.5 Å². The van der Waals surface area contributed by atoms with Crippen LogP contribution in [0, 0.1) is 11.6 Å². The van der Waals surface area contributed by atoms with Crippen molar-refractivity contribution in [1.82, 2.24) is 15.1 Å². The SMILES string of the molecule is O=C(c1cn[nH]c1-c1cccc(F)c1)N1CCC(c2ccccc2F)C1. The van der Waals surface area contributed by atoms with Gasteiger partial charge in [0.25, 0.3) is 5.91 Å². The van der Waals surface area contributed by atoms with Crippen LogP contribution in [0.1, 0.15) is 28.3 Å². The third-order valence-corrected chi connectivity index (χ3v) is 4.80. The fourth-order valence-electron chi connectivity index (χ4n) is 3.49. The van der Waals surface area contributed by atoms with E-state index in [1.165, 1.54) is 24.4 Å². The number of hydrogen-bond acceptors (Lipinski definition) is 2. The molecule has 1 N–H and O–H groups in total. The van der Waals surface area contributed by atoms with Crippen LogP contribution in [0.3, 0.4) is 0 Å². The van der Waals surface area contributed by atoms with Crippen molar-refractivity contribution in [2.45, 2.75) is 12.3 Å². The van der Waals surface area contributed by atoms with Crippen LogP contribution in [-0.2, 0) is 0 Å². The van der Waals surface area contributed by atoms with Crippen molar-refractivity contribution in [3.8, 4) is 11.3 Å². The molecule has 132 valence electrons. The largest absolute Gasteiger partial charge is 0.338 e. The van der Waals surface area contributed by atoms with Crippen LogP contribution in [0.2, 0.25) is 0 Å². The molecule has 0 radical (unpaired) electrons. The number of rotatable bonds is 3. The number of nitrogens with zero attached hydrogens (tertiary/aromatic N) is 2. The predicted octanol–water partition coefficient (Wildman–Crippen LogP) is 3.98. The molecule has 1 atom stereocenters. The van der Waals surface area contributed by atoms with Crippen molar-refractivity contribution >= 4 is 5.91 Å². The fourth-order valence-corrected chi connectivity index (χ4v) is 3.49. The number of carbonyl (C=O) groups excluding carboxylic acids is 1. The molecule has 1 aromatic heterocycles. The average Bonchev–Trinajstić information content (AvgIpc) is 3.31. The second-order valence-corrected chi connectivity index (χ2v) is 6.43. The molecule has 0 bridgehead atoms. The molecule has 3 aromatic rings. The number of benzene rings is 2. The first-order valence-corrected chi connectivity index (χ1v) is 8.46. The van der Waals surface area contributed by atoms with E-state index in [0.717, 1.165) is 0 Å². The van der Waals surface area contributed by atoms with Crippen molar-refractivity contribution in [2.75, 3.05) is 13.1 Å². The van der Waals surface area contributed by atoms with Gasteiger partial charge in [-0.05, 0) is 30.2 Å². The first-order chi connectivity index (χ1) is 12.6. The van der Waals surface area contributed by atoms with Crippen LogP contribution < -0.4 is 0 Å².